The lowest BCUT2D eigenvalue weighted by molar-refractivity contribution is -0.123. The summed E-state index contributed by atoms with van der Waals surface area (Å²) in [7, 11) is 0. The fraction of sp³-hybridized carbons (Fsp3) is 0.400. The molecule has 1 aromatic carbocycles. The molecule has 0 radical (unpaired) electrons. The Morgan fingerprint density at radius 2 is 1.86 bits per heavy atom. The number of aliphatic hydroxyl groups excluding tert-OH is 1. The number of aliphatic hydroxyl groups is 1. The van der Waals surface area contributed by atoms with E-state index in [0.29, 0.717) is 12.1 Å². The zero-order valence-electron chi connectivity index (χ0n) is 12.4. The number of rotatable bonds is 7. The predicted molar refractivity (Wildman–Crippen MR) is 79.1 cm³/mol. The Morgan fingerprint density at radius 3 is 2.45 bits per heavy atom. The molecular formula is C15H20N2O5. The van der Waals surface area contributed by atoms with Crippen molar-refractivity contribution in [2.45, 2.75) is 26.4 Å². The summed E-state index contributed by atoms with van der Waals surface area (Å²) in [6.45, 7) is 1.80. The van der Waals surface area contributed by atoms with Crippen molar-refractivity contribution in [3.05, 3.63) is 35.4 Å². The van der Waals surface area contributed by atoms with E-state index in [-0.39, 0.29) is 12.2 Å². The van der Waals surface area contributed by atoms with Crippen LogP contribution in [-0.4, -0.2) is 36.2 Å². The molecule has 0 saturated heterocycles. The highest BCUT2D eigenvalue weighted by molar-refractivity contribution is 5.96. The summed E-state index contributed by atoms with van der Waals surface area (Å²) in [5, 5.41) is 13.5. The van der Waals surface area contributed by atoms with Gasteiger partial charge in [-0.05, 0) is 24.1 Å². The zero-order valence-corrected chi connectivity index (χ0v) is 12.4. The molecule has 1 aromatic rings. The van der Waals surface area contributed by atoms with Gasteiger partial charge in [-0.3, -0.25) is 10.1 Å². The lowest BCUT2D eigenvalue weighted by Crippen LogP contribution is -2.41. The number of ether oxygens (including phenoxy) is 1. The average molecular weight is 308 g/mol. The number of hydrogen-bond donors (Lipinski definition) is 3. The molecule has 7 nitrogen and oxygen atoms in total. The van der Waals surface area contributed by atoms with Crippen molar-refractivity contribution in [2.24, 2.45) is 0 Å². The molecule has 0 aromatic heterocycles. The van der Waals surface area contributed by atoms with E-state index in [1.807, 2.05) is 6.92 Å². The topological polar surface area (TPSA) is 105 Å². The van der Waals surface area contributed by atoms with Gasteiger partial charge in [-0.1, -0.05) is 25.5 Å². The summed E-state index contributed by atoms with van der Waals surface area (Å²) in [5.74, 6) is -1.37. The minimum atomic E-state index is -0.700. The molecule has 0 saturated carbocycles. The van der Waals surface area contributed by atoms with Gasteiger partial charge >= 0.3 is 12.0 Å². The van der Waals surface area contributed by atoms with Gasteiger partial charge in [0.1, 0.15) is 0 Å². The van der Waals surface area contributed by atoms with Crippen LogP contribution < -0.4 is 10.6 Å². The van der Waals surface area contributed by atoms with Crippen molar-refractivity contribution >= 4 is 17.9 Å². The van der Waals surface area contributed by atoms with E-state index >= 15 is 0 Å². The number of carbonyl (C=O) groups is 3. The molecule has 22 heavy (non-hydrogen) atoms. The minimum absolute atomic E-state index is 0.120. The van der Waals surface area contributed by atoms with Crippen molar-refractivity contribution in [1.82, 2.24) is 10.6 Å². The van der Waals surface area contributed by atoms with E-state index in [0.717, 1.165) is 12.8 Å². The van der Waals surface area contributed by atoms with Crippen LogP contribution in [0.4, 0.5) is 4.79 Å². The first-order valence-corrected chi connectivity index (χ1v) is 7.01. The van der Waals surface area contributed by atoms with Crippen LogP contribution in [0.25, 0.3) is 0 Å². The van der Waals surface area contributed by atoms with Crippen LogP contribution in [0.5, 0.6) is 0 Å². The standard InChI is InChI=1S/C15H20N2O5/c1-2-3-8-16-15(21)17-13(19)10-22-14(20)12-6-4-11(9-18)5-7-12/h4-7,18H,2-3,8-10H2,1H3,(H2,16,17,19,21). The number of unbranched alkanes of at least 4 members (excludes halogenated alkanes) is 1. The first kappa shape index (κ1) is 17.6. The zero-order chi connectivity index (χ0) is 16.4. The normalized spacial score (nSPS) is 9.91. The summed E-state index contributed by atoms with van der Waals surface area (Å²) in [6, 6.07) is 5.53. The number of carbonyl (C=O) groups excluding carboxylic acids is 3. The molecule has 3 N–H and O–H groups in total. The largest absolute Gasteiger partial charge is 0.452 e. The molecule has 120 valence electrons. The van der Waals surface area contributed by atoms with Crippen LogP contribution in [0.1, 0.15) is 35.7 Å². The molecule has 0 aliphatic heterocycles. The smallest absolute Gasteiger partial charge is 0.338 e. The first-order chi connectivity index (χ1) is 10.6. The maximum atomic E-state index is 11.7. The van der Waals surface area contributed by atoms with Gasteiger partial charge in [-0.25, -0.2) is 9.59 Å². The van der Waals surface area contributed by atoms with E-state index in [9.17, 15) is 14.4 Å². The summed E-state index contributed by atoms with van der Waals surface area (Å²) in [6.07, 6.45) is 1.75. The van der Waals surface area contributed by atoms with Gasteiger partial charge in [0.25, 0.3) is 5.91 Å². The number of nitrogens with one attached hydrogen (secondary N) is 2. The molecule has 0 spiro atoms. The quantitative estimate of drug-likeness (QED) is 0.514. The third kappa shape index (κ3) is 6.36. The van der Waals surface area contributed by atoms with Gasteiger partial charge in [-0.2, -0.15) is 0 Å². The fourth-order valence-corrected chi connectivity index (χ4v) is 1.55. The summed E-state index contributed by atoms with van der Waals surface area (Å²) >= 11 is 0. The third-order valence-corrected chi connectivity index (χ3v) is 2.78. The van der Waals surface area contributed by atoms with Crippen LogP contribution >= 0.6 is 0 Å². The van der Waals surface area contributed by atoms with Crippen molar-refractivity contribution in [2.75, 3.05) is 13.2 Å². The molecule has 0 heterocycles. The van der Waals surface area contributed by atoms with Crippen LogP contribution in [0.3, 0.4) is 0 Å². The first-order valence-electron chi connectivity index (χ1n) is 7.01. The van der Waals surface area contributed by atoms with E-state index in [1.165, 1.54) is 12.1 Å². The van der Waals surface area contributed by atoms with Gasteiger partial charge in [0.2, 0.25) is 0 Å². The lowest BCUT2D eigenvalue weighted by Gasteiger charge is -2.07. The molecule has 0 atom stereocenters. The predicted octanol–water partition coefficient (Wildman–Crippen LogP) is 0.962. The third-order valence-electron chi connectivity index (χ3n) is 2.78. The molecule has 0 aliphatic carbocycles. The molecule has 0 unspecified atom stereocenters. The van der Waals surface area contributed by atoms with Crippen LogP contribution in [0.15, 0.2) is 24.3 Å². The van der Waals surface area contributed by atoms with E-state index in [4.69, 9.17) is 9.84 Å². The van der Waals surface area contributed by atoms with Crippen LogP contribution in [0, 0.1) is 0 Å². The van der Waals surface area contributed by atoms with Gasteiger partial charge < -0.3 is 15.2 Å². The van der Waals surface area contributed by atoms with E-state index in [2.05, 4.69) is 10.6 Å². The molecule has 3 amide bonds. The summed E-state index contributed by atoms with van der Waals surface area (Å²) in [4.78, 5) is 34.4. The minimum Gasteiger partial charge on any atom is -0.452 e. The Balaban J connectivity index is 2.33. The highest BCUT2D eigenvalue weighted by Gasteiger charge is 2.12. The molecule has 7 heteroatoms. The Kier molecular flexibility index (Phi) is 7.63. The van der Waals surface area contributed by atoms with Gasteiger partial charge in [-0.15, -0.1) is 0 Å². The Morgan fingerprint density at radius 1 is 1.18 bits per heavy atom. The number of imide groups is 1. The molecule has 0 bridgehead atoms. The van der Waals surface area contributed by atoms with Crippen LogP contribution in [0.2, 0.25) is 0 Å². The second-order valence-corrected chi connectivity index (χ2v) is 4.59. The Hall–Kier alpha value is -2.41. The number of hydrogen-bond acceptors (Lipinski definition) is 5. The molecule has 0 aliphatic rings. The van der Waals surface area contributed by atoms with Crippen molar-refractivity contribution in [1.29, 1.82) is 0 Å². The van der Waals surface area contributed by atoms with E-state index < -0.39 is 24.5 Å². The molecule has 0 fully saturated rings. The van der Waals surface area contributed by atoms with Crippen LogP contribution in [-0.2, 0) is 16.1 Å². The van der Waals surface area contributed by atoms with Gasteiger partial charge in [0, 0.05) is 6.54 Å². The summed E-state index contributed by atoms with van der Waals surface area (Å²) in [5.41, 5.74) is 0.926. The fourth-order valence-electron chi connectivity index (χ4n) is 1.55. The second kappa shape index (κ2) is 9.51. The maximum Gasteiger partial charge on any atom is 0.338 e. The highest BCUT2D eigenvalue weighted by Crippen LogP contribution is 2.05. The molecular weight excluding hydrogens is 288 g/mol. The Bertz CT molecular complexity index is 513. The van der Waals surface area contributed by atoms with Crippen molar-refractivity contribution in [3.63, 3.8) is 0 Å². The maximum absolute atomic E-state index is 11.7. The number of esters is 1. The second-order valence-electron chi connectivity index (χ2n) is 4.59. The van der Waals surface area contributed by atoms with Gasteiger partial charge in [0.05, 0.1) is 12.2 Å². The van der Waals surface area contributed by atoms with Crippen molar-refractivity contribution in [3.8, 4) is 0 Å². The Labute approximate surface area is 128 Å². The van der Waals surface area contributed by atoms with Crippen molar-refractivity contribution < 1.29 is 24.2 Å². The summed E-state index contributed by atoms with van der Waals surface area (Å²) < 4.78 is 4.80. The number of benzene rings is 1. The molecule has 1 rings (SSSR count). The lowest BCUT2D eigenvalue weighted by atomic mass is 10.1. The monoisotopic (exact) mass is 308 g/mol. The highest BCUT2D eigenvalue weighted by atomic mass is 16.5. The average Bonchev–Trinajstić information content (AvgIpc) is 2.53. The van der Waals surface area contributed by atoms with E-state index in [1.54, 1.807) is 12.1 Å². The van der Waals surface area contributed by atoms with Gasteiger partial charge in [0.15, 0.2) is 6.61 Å². The number of urea groups is 1. The SMILES string of the molecule is CCCCNC(=O)NC(=O)COC(=O)c1ccc(CO)cc1. The number of amides is 3.